The number of hydrogen-bond acceptors (Lipinski definition) is 1. The fourth-order valence-electron chi connectivity index (χ4n) is 4.26. The molecule has 2 atom stereocenters. The van der Waals surface area contributed by atoms with E-state index in [9.17, 15) is 0 Å². The van der Waals surface area contributed by atoms with Gasteiger partial charge in [-0.3, -0.25) is 0 Å². The lowest BCUT2D eigenvalue weighted by Gasteiger charge is -2.24. The molecule has 2 N–H and O–H groups in total. The fraction of sp³-hybridized carbons (Fsp3) is 0.222. The molecule has 0 aromatic heterocycles. The average Bonchev–Trinajstić information content (AvgIpc) is 2.89. The highest BCUT2D eigenvalue weighted by molar-refractivity contribution is 5.73. The van der Waals surface area contributed by atoms with Crippen molar-refractivity contribution in [3.05, 3.63) is 162 Å². The number of hydrogen-bond donors (Lipinski definition) is 1. The standard InChI is InChI=1S/C36H43N/c1-8-10-12-21-34(30(6)29(5)25-32(9-2)31(7)37)26-36(33-19-13-11-14-20-33)35-23-22-27(3)17-15-16-18-28(4)24-35/h8-19,21-25,29-30H,1-2,7,20,26,37H2,3-6H3/b12-10-,16-15?,17-15?,18-16?,23-22?,27-17?,27-22?,28-18?,28-24?,32-25+,34-21+,35-23?,35-24?,36-33+. The molecular formula is C36H43N. The van der Waals surface area contributed by atoms with Gasteiger partial charge in [0.05, 0.1) is 0 Å². The Kier molecular flexibility index (Phi) is 12.2. The molecule has 1 aliphatic carbocycles. The van der Waals surface area contributed by atoms with E-state index >= 15 is 0 Å². The zero-order valence-electron chi connectivity index (χ0n) is 23.1. The summed E-state index contributed by atoms with van der Waals surface area (Å²) in [7, 11) is 0. The van der Waals surface area contributed by atoms with Gasteiger partial charge in [-0.1, -0.05) is 154 Å². The molecule has 0 radical (unpaired) electrons. The molecule has 0 heterocycles. The average molecular weight is 490 g/mol. The lowest BCUT2D eigenvalue weighted by atomic mass is 9.81. The Labute approximate surface area is 225 Å². The molecule has 1 heteroatoms. The van der Waals surface area contributed by atoms with Gasteiger partial charge in [0.2, 0.25) is 0 Å². The highest BCUT2D eigenvalue weighted by Gasteiger charge is 2.19. The predicted molar refractivity (Wildman–Crippen MR) is 165 cm³/mol. The third kappa shape index (κ3) is 9.61. The lowest BCUT2D eigenvalue weighted by molar-refractivity contribution is 0.521. The summed E-state index contributed by atoms with van der Waals surface area (Å²) in [5.74, 6) is 0.517. The van der Waals surface area contributed by atoms with Gasteiger partial charge >= 0.3 is 0 Å². The molecule has 1 aromatic carbocycles. The quantitative estimate of drug-likeness (QED) is 0.325. The van der Waals surface area contributed by atoms with Crippen LogP contribution < -0.4 is 5.73 Å². The van der Waals surface area contributed by atoms with Crippen LogP contribution in [0.5, 0.6) is 0 Å². The highest BCUT2D eigenvalue weighted by Crippen LogP contribution is 2.35. The van der Waals surface area contributed by atoms with Crippen molar-refractivity contribution in [1.82, 2.24) is 0 Å². The Morgan fingerprint density at radius 3 is 2.35 bits per heavy atom. The summed E-state index contributed by atoms with van der Waals surface area (Å²) in [5.41, 5.74) is 15.1. The SMILES string of the molecule is C=C/C=C\C=C(/C/C(=C1/C=CC=CC1)c1ccc(C)ccccc(C)c1)C(C)C(C)/C=C(\C=C)C(=C)N. The molecule has 0 saturated heterocycles. The topological polar surface area (TPSA) is 26.0 Å². The van der Waals surface area contributed by atoms with Gasteiger partial charge in [0.25, 0.3) is 0 Å². The van der Waals surface area contributed by atoms with E-state index in [1.54, 1.807) is 6.08 Å². The van der Waals surface area contributed by atoms with Crippen molar-refractivity contribution in [2.45, 2.75) is 40.5 Å². The summed E-state index contributed by atoms with van der Waals surface area (Å²) in [4.78, 5) is 0. The van der Waals surface area contributed by atoms with Crippen LogP contribution in [-0.4, -0.2) is 0 Å². The maximum absolute atomic E-state index is 6.00. The zero-order chi connectivity index (χ0) is 27.2. The van der Waals surface area contributed by atoms with E-state index in [-0.39, 0.29) is 11.8 Å². The van der Waals surface area contributed by atoms with Crippen LogP contribution in [-0.2, 0) is 0 Å². The van der Waals surface area contributed by atoms with E-state index in [0.29, 0.717) is 5.70 Å². The van der Waals surface area contributed by atoms with E-state index < -0.39 is 0 Å². The predicted octanol–water partition coefficient (Wildman–Crippen LogP) is 9.61. The first-order chi connectivity index (χ1) is 17.8. The van der Waals surface area contributed by atoms with Crippen molar-refractivity contribution >= 4 is 5.57 Å². The van der Waals surface area contributed by atoms with E-state index in [2.05, 4.69) is 132 Å². The maximum Gasteiger partial charge on any atom is 0.0311 e. The summed E-state index contributed by atoms with van der Waals surface area (Å²) in [5, 5.41) is 0. The van der Waals surface area contributed by atoms with Crippen molar-refractivity contribution < 1.29 is 0 Å². The second-order valence-electron chi connectivity index (χ2n) is 9.67. The molecule has 37 heavy (non-hydrogen) atoms. The Balaban J connectivity index is 2.70. The van der Waals surface area contributed by atoms with Crippen LogP contribution >= 0.6 is 0 Å². The summed E-state index contributed by atoms with van der Waals surface area (Å²) in [6.45, 7) is 20.5. The van der Waals surface area contributed by atoms with Gasteiger partial charge in [0, 0.05) is 5.70 Å². The molecule has 0 spiro atoms. The van der Waals surface area contributed by atoms with Crippen LogP contribution in [0.2, 0.25) is 0 Å². The minimum Gasteiger partial charge on any atom is -0.399 e. The van der Waals surface area contributed by atoms with Crippen molar-refractivity contribution in [2.75, 3.05) is 0 Å². The third-order valence-electron chi connectivity index (χ3n) is 6.70. The molecule has 0 amide bonds. The van der Waals surface area contributed by atoms with E-state index in [1.807, 2.05) is 12.2 Å². The molecule has 0 aliphatic heterocycles. The molecule has 192 valence electrons. The molecule has 2 unspecified atom stereocenters. The van der Waals surface area contributed by atoms with Gasteiger partial charge in [-0.05, 0) is 60.8 Å². The minimum absolute atomic E-state index is 0.246. The minimum atomic E-state index is 0.246. The van der Waals surface area contributed by atoms with Gasteiger partial charge in [-0.25, -0.2) is 0 Å². The number of rotatable bonds is 10. The van der Waals surface area contributed by atoms with Crippen LogP contribution in [0.3, 0.4) is 0 Å². The molecule has 2 rings (SSSR count). The van der Waals surface area contributed by atoms with Crippen LogP contribution in [0.1, 0.15) is 43.4 Å². The third-order valence-corrected chi connectivity index (χ3v) is 6.70. The Morgan fingerprint density at radius 1 is 1.00 bits per heavy atom. The molecule has 1 nitrogen and oxygen atoms in total. The molecule has 1 aliphatic rings. The highest BCUT2D eigenvalue weighted by atomic mass is 14.6. The molecule has 0 saturated carbocycles. The van der Waals surface area contributed by atoms with E-state index in [0.717, 1.165) is 18.4 Å². The van der Waals surface area contributed by atoms with Crippen LogP contribution in [0, 0.1) is 25.7 Å². The van der Waals surface area contributed by atoms with Gasteiger partial charge in [0.1, 0.15) is 0 Å². The maximum atomic E-state index is 6.00. The second-order valence-corrected chi connectivity index (χ2v) is 9.67. The van der Waals surface area contributed by atoms with Crippen LogP contribution in [0.4, 0.5) is 0 Å². The summed E-state index contributed by atoms with van der Waals surface area (Å²) in [6.07, 6.45) is 22.6. The summed E-state index contributed by atoms with van der Waals surface area (Å²) >= 11 is 0. The first-order valence-corrected chi connectivity index (χ1v) is 13.0. The molecule has 1 aromatic rings. The van der Waals surface area contributed by atoms with Crippen molar-refractivity contribution in [3.63, 3.8) is 0 Å². The monoisotopic (exact) mass is 489 g/mol. The van der Waals surface area contributed by atoms with E-state index in [1.165, 1.54) is 33.4 Å². The number of aryl methyl sites for hydroxylation is 2. The number of allylic oxidation sites excluding steroid dienone is 13. The van der Waals surface area contributed by atoms with Crippen LogP contribution in [0.15, 0.2) is 145 Å². The summed E-state index contributed by atoms with van der Waals surface area (Å²) in [6, 6.07) is 15.3. The first kappa shape index (κ1) is 29.4. The van der Waals surface area contributed by atoms with Crippen molar-refractivity contribution in [2.24, 2.45) is 17.6 Å². The van der Waals surface area contributed by atoms with Gasteiger partial charge in [0.15, 0.2) is 0 Å². The Morgan fingerprint density at radius 2 is 1.73 bits per heavy atom. The first-order valence-electron chi connectivity index (χ1n) is 13.0. The van der Waals surface area contributed by atoms with Crippen molar-refractivity contribution in [3.8, 4) is 0 Å². The fourth-order valence-corrected chi connectivity index (χ4v) is 4.26. The Bertz CT molecular complexity index is 1220. The second kappa shape index (κ2) is 15.3. The normalized spacial score (nSPS) is 16.6. The number of nitrogens with two attached hydrogens (primary N) is 1. The van der Waals surface area contributed by atoms with Gasteiger partial charge in [-0.15, -0.1) is 0 Å². The molecular weight excluding hydrogens is 446 g/mol. The Hall–Kier alpha value is -3.84. The van der Waals surface area contributed by atoms with Crippen molar-refractivity contribution in [1.29, 1.82) is 0 Å². The van der Waals surface area contributed by atoms with Crippen LogP contribution in [0.25, 0.3) is 5.57 Å². The van der Waals surface area contributed by atoms with Gasteiger partial charge < -0.3 is 5.73 Å². The largest absolute Gasteiger partial charge is 0.399 e. The smallest absolute Gasteiger partial charge is 0.0311 e. The summed E-state index contributed by atoms with van der Waals surface area (Å²) < 4.78 is 0. The molecule has 0 fully saturated rings. The lowest BCUT2D eigenvalue weighted by Crippen LogP contribution is -2.12. The zero-order valence-corrected chi connectivity index (χ0v) is 23.1. The van der Waals surface area contributed by atoms with E-state index in [4.69, 9.17) is 5.73 Å². The van der Waals surface area contributed by atoms with Gasteiger partial charge in [-0.2, -0.15) is 0 Å². The molecule has 0 bridgehead atoms.